The summed E-state index contributed by atoms with van der Waals surface area (Å²) in [5, 5.41) is 0.0298. The lowest BCUT2D eigenvalue weighted by Gasteiger charge is -2.14. The minimum absolute atomic E-state index is 0.0298. The number of ether oxygens (including phenoxy) is 1. The number of hydrogen-bond donors (Lipinski definition) is 0. The van der Waals surface area contributed by atoms with Gasteiger partial charge in [0.2, 0.25) is 0 Å². The Morgan fingerprint density at radius 1 is 1.22 bits per heavy atom. The van der Waals surface area contributed by atoms with Crippen LogP contribution in [0.5, 0.6) is 0 Å². The van der Waals surface area contributed by atoms with Gasteiger partial charge in [0.25, 0.3) is 0 Å². The third kappa shape index (κ3) is 4.30. The normalized spacial score (nSPS) is 12.7. The van der Waals surface area contributed by atoms with Crippen LogP contribution in [0.15, 0.2) is 47.4 Å². The average Bonchev–Trinajstić information content (AvgIpc) is 2.46. The first-order chi connectivity index (χ1) is 10.7. The summed E-state index contributed by atoms with van der Waals surface area (Å²) in [5.74, 6) is -1.15. The van der Waals surface area contributed by atoms with Crippen molar-refractivity contribution < 1.29 is 22.3 Å². The van der Waals surface area contributed by atoms with Crippen molar-refractivity contribution in [3.63, 3.8) is 0 Å². The fourth-order valence-corrected chi connectivity index (χ4v) is 3.27. The quantitative estimate of drug-likeness (QED) is 0.782. The van der Waals surface area contributed by atoms with E-state index in [0.717, 1.165) is 12.3 Å². The molecule has 1 unspecified atom stereocenters. The van der Waals surface area contributed by atoms with Gasteiger partial charge in [0.15, 0.2) is 9.84 Å². The van der Waals surface area contributed by atoms with Gasteiger partial charge in [0.1, 0.15) is 11.9 Å². The highest BCUT2D eigenvalue weighted by Gasteiger charge is 2.19. The molecule has 0 aliphatic heterocycles. The van der Waals surface area contributed by atoms with Crippen LogP contribution < -0.4 is 0 Å². The Kier molecular flexibility index (Phi) is 5.06. The van der Waals surface area contributed by atoms with E-state index in [1.165, 1.54) is 30.3 Å². The first-order valence-electron chi connectivity index (χ1n) is 6.64. The molecule has 4 nitrogen and oxygen atoms in total. The van der Waals surface area contributed by atoms with Crippen LogP contribution in [0, 0.1) is 5.82 Å². The largest absolute Gasteiger partial charge is 0.454 e. The maximum Gasteiger partial charge on any atom is 0.338 e. The summed E-state index contributed by atoms with van der Waals surface area (Å²) in [4.78, 5) is 12.0. The Morgan fingerprint density at radius 2 is 1.91 bits per heavy atom. The third-order valence-corrected chi connectivity index (χ3v) is 4.75. The smallest absolute Gasteiger partial charge is 0.338 e. The van der Waals surface area contributed by atoms with Gasteiger partial charge in [-0.3, -0.25) is 0 Å². The van der Waals surface area contributed by atoms with Crippen molar-refractivity contribution in [1.82, 2.24) is 0 Å². The van der Waals surface area contributed by atoms with E-state index in [-0.39, 0.29) is 15.5 Å². The van der Waals surface area contributed by atoms with Crippen molar-refractivity contribution in [3.05, 3.63) is 64.4 Å². The molecule has 2 aromatic rings. The maximum atomic E-state index is 13.2. The average molecular weight is 357 g/mol. The number of benzene rings is 2. The first-order valence-corrected chi connectivity index (χ1v) is 8.91. The van der Waals surface area contributed by atoms with Crippen LogP contribution in [0.1, 0.15) is 28.9 Å². The highest BCUT2D eigenvalue weighted by Crippen LogP contribution is 2.25. The van der Waals surface area contributed by atoms with Crippen LogP contribution in [-0.4, -0.2) is 20.6 Å². The molecule has 122 valence electrons. The van der Waals surface area contributed by atoms with E-state index in [9.17, 15) is 17.6 Å². The van der Waals surface area contributed by atoms with Crippen LogP contribution in [-0.2, 0) is 14.6 Å². The van der Waals surface area contributed by atoms with E-state index in [1.54, 1.807) is 13.0 Å². The summed E-state index contributed by atoms with van der Waals surface area (Å²) in [6.45, 7) is 1.60. The maximum absolute atomic E-state index is 13.2. The van der Waals surface area contributed by atoms with Crippen molar-refractivity contribution >= 4 is 27.4 Å². The molecular formula is C16H14ClFO4S. The highest BCUT2D eigenvalue weighted by molar-refractivity contribution is 7.90. The number of halogens is 2. The zero-order chi connectivity index (χ0) is 17.2. The molecule has 2 rings (SSSR count). The van der Waals surface area contributed by atoms with Gasteiger partial charge in [-0.05, 0) is 42.8 Å². The molecule has 0 aliphatic carbocycles. The van der Waals surface area contributed by atoms with Crippen molar-refractivity contribution in [1.29, 1.82) is 0 Å². The molecule has 0 N–H and O–H groups in total. The van der Waals surface area contributed by atoms with E-state index in [2.05, 4.69) is 0 Å². The van der Waals surface area contributed by atoms with E-state index in [0.29, 0.717) is 5.56 Å². The van der Waals surface area contributed by atoms with Crippen LogP contribution in [0.3, 0.4) is 0 Å². The second kappa shape index (κ2) is 6.68. The number of esters is 1. The van der Waals surface area contributed by atoms with Crippen LogP contribution in [0.2, 0.25) is 5.02 Å². The molecule has 0 aliphatic rings. The number of carbonyl (C=O) groups excluding carboxylic acids is 1. The molecule has 23 heavy (non-hydrogen) atoms. The fourth-order valence-electron chi connectivity index (χ4n) is 1.97. The van der Waals surface area contributed by atoms with Crippen molar-refractivity contribution in [2.24, 2.45) is 0 Å². The molecule has 0 bridgehead atoms. The van der Waals surface area contributed by atoms with Crippen molar-refractivity contribution in [2.45, 2.75) is 17.9 Å². The third-order valence-electron chi connectivity index (χ3n) is 3.17. The molecule has 1 atom stereocenters. The van der Waals surface area contributed by atoms with Crippen molar-refractivity contribution in [2.75, 3.05) is 6.26 Å². The summed E-state index contributed by atoms with van der Waals surface area (Å²) in [5.41, 5.74) is 0.550. The van der Waals surface area contributed by atoms with E-state index < -0.39 is 27.7 Å². The Labute approximate surface area is 138 Å². The van der Waals surface area contributed by atoms with Gasteiger partial charge in [-0.2, -0.15) is 0 Å². The number of sulfone groups is 1. The lowest BCUT2D eigenvalue weighted by atomic mass is 10.1. The first kappa shape index (κ1) is 17.4. The monoisotopic (exact) mass is 356 g/mol. The van der Waals surface area contributed by atoms with Crippen molar-refractivity contribution in [3.8, 4) is 0 Å². The van der Waals surface area contributed by atoms with Gasteiger partial charge in [0.05, 0.1) is 15.5 Å². The zero-order valence-electron chi connectivity index (χ0n) is 12.4. The molecule has 0 saturated carbocycles. The molecule has 0 saturated heterocycles. The molecule has 2 aromatic carbocycles. The second-order valence-corrected chi connectivity index (χ2v) is 7.41. The molecule has 0 fully saturated rings. The minimum Gasteiger partial charge on any atom is -0.454 e. The summed E-state index contributed by atoms with van der Waals surface area (Å²) in [7, 11) is -3.57. The molecule has 0 spiro atoms. The van der Waals surface area contributed by atoms with Gasteiger partial charge in [-0.25, -0.2) is 17.6 Å². The molecule has 0 radical (unpaired) electrons. The molecule has 0 aromatic heterocycles. The number of rotatable bonds is 4. The second-order valence-electron chi connectivity index (χ2n) is 5.02. The standard InChI is InChI=1S/C16H14ClFO4S/c1-10(11-4-3-5-13(18)8-11)22-16(19)12-6-7-14(17)15(9-12)23(2,20)21/h3-10H,1-2H3. The summed E-state index contributed by atoms with van der Waals surface area (Å²) in [6, 6.07) is 9.55. The van der Waals surface area contributed by atoms with Gasteiger partial charge in [0, 0.05) is 6.26 Å². The summed E-state index contributed by atoms with van der Waals surface area (Å²) in [6.07, 6.45) is 0.314. The predicted octanol–water partition coefficient (Wildman–Crippen LogP) is 3.80. The molecule has 0 heterocycles. The number of carbonyl (C=O) groups is 1. The van der Waals surface area contributed by atoms with Gasteiger partial charge >= 0.3 is 5.97 Å². The Morgan fingerprint density at radius 3 is 2.52 bits per heavy atom. The highest BCUT2D eigenvalue weighted by atomic mass is 35.5. The van der Waals surface area contributed by atoms with Crippen LogP contribution in [0.25, 0.3) is 0 Å². The SMILES string of the molecule is CC(OC(=O)c1ccc(Cl)c(S(C)(=O)=O)c1)c1cccc(F)c1. The Balaban J connectivity index is 2.24. The number of hydrogen-bond acceptors (Lipinski definition) is 4. The van der Waals surface area contributed by atoms with Gasteiger partial charge < -0.3 is 4.74 Å². The van der Waals surface area contributed by atoms with Gasteiger partial charge in [-0.15, -0.1) is 0 Å². The summed E-state index contributed by atoms with van der Waals surface area (Å²) < 4.78 is 41.7. The zero-order valence-corrected chi connectivity index (χ0v) is 14.0. The topological polar surface area (TPSA) is 60.4 Å². The Hall–Kier alpha value is -1.92. The Bertz CT molecular complexity index is 849. The summed E-state index contributed by atoms with van der Waals surface area (Å²) >= 11 is 5.83. The van der Waals surface area contributed by atoms with E-state index in [1.807, 2.05) is 0 Å². The lowest BCUT2D eigenvalue weighted by molar-refractivity contribution is 0.0337. The molecule has 0 amide bonds. The van der Waals surface area contributed by atoms with Crippen LogP contribution in [0.4, 0.5) is 4.39 Å². The fraction of sp³-hybridized carbons (Fsp3) is 0.188. The van der Waals surface area contributed by atoms with Crippen LogP contribution >= 0.6 is 11.6 Å². The molecular weight excluding hydrogens is 343 g/mol. The van der Waals surface area contributed by atoms with Gasteiger partial charge in [-0.1, -0.05) is 23.7 Å². The van der Waals surface area contributed by atoms with E-state index in [4.69, 9.17) is 16.3 Å². The predicted molar refractivity (Wildman–Crippen MR) is 84.8 cm³/mol. The minimum atomic E-state index is -3.57. The van der Waals surface area contributed by atoms with E-state index >= 15 is 0 Å². The lowest BCUT2D eigenvalue weighted by Crippen LogP contribution is -2.10. The molecule has 7 heteroatoms.